The van der Waals surface area contributed by atoms with Crippen molar-refractivity contribution in [2.24, 2.45) is 0 Å². The fraction of sp³-hybridized carbons (Fsp3) is 0.841. The van der Waals surface area contributed by atoms with Crippen LogP contribution in [-0.2, 0) is 76.3 Å². The van der Waals surface area contributed by atoms with E-state index in [0.29, 0.717) is 103 Å². The second kappa shape index (κ2) is 53.0. The van der Waals surface area contributed by atoms with E-state index >= 15 is 0 Å². The molecule has 2 rings (SSSR count). The highest BCUT2D eigenvalue weighted by atomic mass is 16.7. The Balaban J connectivity index is 2.16. The van der Waals surface area contributed by atoms with Crippen LogP contribution in [0.15, 0.2) is 12.3 Å². The van der Waals surface area contributed by atoms with E-state index in [-0.39, 0.29) is 102 Å². The third-order valence-corrected chi connectivity index (χ3v) is 17.5. The second-order valence-electron chi connectivity index (χ2n) is 26.8. The van der Waals surface area contributed by atoms with Gasteiger partial charge < -0.3 is 127 Å². The van der Waals surface area contributed by atoms with E-state index in [1.165, 1.54) is 27.7 Å². The van der Waals surface area contributed by atoms with Crippen LogP contribution in [0.25, 0.3) is 0 Å². The number of carbonyl (C=O) groups excluding carboxylic acids is 9. The number of unbranched alkanes of at least 4 members (excludes halogenated alkanes) is 10. The van der Waals surface area contributed by atoms with Gasteiger partial charge in [-0.3, -0.25) is 43.2 Å². The van der Waals surface area contributed by atoms with Gasteiger partial charge in [0.2, 0.25) is 53.2 Å². The van der Waals surface area contributed by atoms with Gasteiger partial charge in [-0.2, -0.15) is 0 Å². The molecule has 0 spiro atoms. The van der Waals surface area contributed by atoms with E-state index in [1.54, 1.807) is 12.3 Å². The summed E-state index contributed by atoms with van der Waals surface area (Å²) in [6.07, 6.45) is -2.21. The number of aliphatic hydroxyl groups is 9. The van der Waals surface area contributed by atoms with Crippen LogP contribution in [0.2, 0.25) is 0 Å². The summed E-state index contributed by atoms with van der Waals surface area (Å²) in [6.45, 7) is 11.2. The lowest BCUT2D eigenvalue weighted by molar-refractivity contribution is -0.270. The van der Waals surface area contributed by atoms with Crippen molar-refractivity contribution in [3.63, 3.8) is 0 Å². The molecule has 596 valence electrons. The molecule has 9 amide bonds. The fourth-order valence-electron chi connectivity index (χ4n) is 11.1. The molecule has 2 saturated heterocycles. The SMILES string of the molecule is CC=COC(C)(C)C(C)NC(=O)CCCCCNC(=O)C(CCCCNC(=O)CCCCCOC1OC(CO)C(O)C(O)C1NC(C)=O)NC(=O)C(CCCCNC(=O)CCCCCOC1OC(CO)C(O)C(O)C1NC(C)=O)NC(=O)CCCCCOC(OC(CO)[C@@H](C)O)[C@H](CO)NC(C)=O. The lowest BCUT2D eigenvalue weighted by Gasteiger charge is -2.42. The zero-order valence-electron chi connectivity index (χ0n) is 61.7. The zero-order chi connectivity index (χ0) is 76.9. The summed E-state index contributed by atoms with van der Waals surface area (Å²) >= 11 is 0. The third-order valence-electron chi connectivity index (χ3n) is 17.5. The Bertz CT molecular complexity index is 2490. The van der Waals surface area contributed by atoms with Crippen LogP contribution in [-0.4, -0.2) is 275 Å². The minimum absolute atomic E-state index is 0.0231. The van der Waals surface area contributed by atoms with Crippen molar-refractivity contribution < 1.29 is 122 Å². The number of rotatable bonds is 56. The number of ether oxygens (including phenoxy) is 7. The van der Waals surface area contributed by atoms with E-state index in [9.17, 15) is 89.1 Å². The summed E-state index contributed by atoms with van der Waals surface area (Å²) in [5.41, 5.74) is -0.649. The maximum absolute atomic E-state index is 14.4. The molecular formula is C69H125N9O25. The monoisotopic (exact) mass is 1480 g/mol. The molecule has 0 aliphatic carbocycles. The number of aliphatic hydroxyl groups excluding tert-OH is 9. The maximum Gasteiger partial charge on any atom is 0.243 e. The van der Waals surface area contributed by atoms with Gasteiger partial charge in [-0.15, -0.1) is 0 Å². The molecule has 103 heavy (non-hydrogen) atoms. The second-order valence-corrected chi connectivity index (χ2v) is 26.8. The van der Waals surface area contributed by atoms with Crippen molar-refractivity contribution in [1.82, 2.24) is 47.9 Å². The number of hydrogen-bond donors (Lipinski definition) is 18. The Morgan fingerprint density at radius 2 is 0.932 bits per heavy atom. The summed E-state index contributed by atoms with van der Waals surface area (Å²) in [5, 5.41) is 116. The van der Waals surface area contributed by atoms with Gasteiger partial charge in [0.05, 0.1) is 44.8 Å². The van der Waals surface area contributed by atoms with Gasteiger partial charge in [0.25, 0.3) is 0 Å². The first-order chi connectivity index (χ1) is 49.0. The first-order valence-corrected chi connectivity index (χ1v) is 36.5. The molecule has 2 aliphatic rings. The Hall–Kier alpha value is -5.83. The number of amides is 9. The zero-order valence-corrected chi connectivity index (χ0v) is 61.7. The molecule has 0 radical (unpaired) electrons. The smallest absolute Gasteiger partial charge is 0.243 e. The molecule has 34 heteroatoms. The Morgan fingerprint density at radius 3 is 1.37 bits per heavy atom. The predicted octanol–water partition coefficient (Wildman–Crippen LogP) is -1.76. The van der Waals surface area contributed by atoms with Crippen molar-refractivity contribution in [3.8, 4) is 0 Å². The largest absolute Gasteiger partial charge is 0.494 e. The molecule has 2 aliphatic heterocycles. The molecule has 2 heterocycles. The Labute approximate surface area is 605 Å². The summed E-state index contributed by atoms with van der Waals surface area (Å²) in [6, 6.07) is -5.69. The molecule has 18 N–H and O–H groups in total. The van der Waals surface area contributed by atoms with Crippen molar-refractivity contribution >= 4 is 53.2 Å². The quantitative estimate of drug-likeness (QED) is 0.0182. The average Bonchev–Trinajstić information content (AvgIpc) is 0.815. The van der Waals surface area contributed by atoms with Gasteiger partial charge in [-0.1, -0.05) is 31.8 Å². The van der Waals surface area contributed by atoms with Crippen molar-refractivity contribution in [2.45, 2.75) is 306 Å². The van der Waals surface area contributed by atoms with Gasteiger partial charge in [0.1, 0.15) is 78.5 Å². The van der Waals surface area contributed by atoms with Crippen LogP contribution < -0.4 is 47.9 Å². The van der Waals surface area contributed by atoms with Gasteiger partial charge in [0.15, 0.2) is 18.9 Å². The molecule has 0 aromatic heterocycles. The Morgan fingerprint density at radius 1 is 0.495 bits per heavy atom. The van der Waals surface area contributed by atoms with Crippen molar-refractivity contribution in [3.05, 3.63) is 12.3 Å². The highest BCUT2D eigenvalue weighted by Gasteiger charge is 2.47. The van der Waals surface area contributed by atoms with Crippen molar-refractivity contribution in [1.29, 1.82) is 0 Å². The lowest BCUT2D eigenvalue weighted by atomic mass is 9.97. The fourth-order valence-corrected chi connectivity index (χ4v) is 11.1. The normalized spacial score (nSPS) is 22.6. The van der Waals surface area contributed by atoms with E-state index in [1.807, 2.05) is 27.7 Å². The average molecular weight is 1480 g/mol. The van der Waals surface area contributed by atoms with Crippen molar-refractivity contribution in [2.75, 3.05) is 65.9 Å². The van der Waals surface area contributed by atoms with Crippen LogP contribution >= 0.6 is 0 Å². The van der Waals surface area contributed by atoms with Crippen LogP contribution in [0.5, 0.6) is 0 Å². The molecule has 0 aromatic carbocycles. The number of hydrogen-bond acceptors (Lipinski definition) is 25. The maximum atomic E-state index is 14.4. The molecule has 15 unspecified atom stereocenters. The number of nitrogens with one attached hydrogen (secondary N) is 9. The number of carbonyl (C=O) groups is 9. The predicted molar refractivity (Wildman–Crippen MR) is 373 cm³/mol. The topological polar surface area (TPSA) is 509 Å². The standard InChI is InChI=1S/C69H125N9O25/c1-9-35-100-69(7,8)44(3)73-56(89)30-14-10-20-34-72-64(95)48(26-18-21-32-70-54(87)28-15-11-24-37-98-67-58(75-46(5)85)62(93)60(91)52(41-81)102-67)78-65(96)49(77-57(90)31-17-13-23-36-97-66(50(39-79)74-45(4)84)101-51(40-80)43(2)83)27-19-22-33-71-55(88)29-16-12-25-38-99-68-59(76-47(6)86)63(94)61(92)53(42-82)103-68/h9,35,43-44,48-53,58-63,66-68,79-83,91-94H,10-34,36-42H2,1-8H3,(H,70,87)(H,71,88)(H,72,95)(H,73,89)(H,74,84)(H,75,85)(H,76,86)(H,77,90)(H,78,96)/t43-,44?,48?,49?,50+,51?,52?,53?,58?,59?,60?,61?,62?,63?,66?,67?,68?/m1/s1. The van der Waals surface area contributed by atoms with E-state index in [0.717, 1.165) is 0 Å². The minimum Gasteiger partial charge on any atom is -0.494 e. The summed E-state index contributed by atoms with van der Waals surface area (Å²) in [5.74, 6) is -3.64. The van der Waals surface area contributed by atoms with Gasteiger partial charge in [-0.25, -0.2) is 0 Å². The molecule has 0 bridgehead atoms. The molecule has 0 saturated carbocycles. The van der Waals surface area contributed by atoms with Crippen LogP contribution in [0.3, 0.4) is 0 Å². The third kappa shape index (κ3) is 38.3. The van der Waals surface area contributed by atoms with Crippen LogP contribution in [0, 0.1) is 0 Å². The lowest BCUT2D eigenvalue weighted by Crippen LogP contribution is -2.64. The molecule has 0 aromatic rings. The summed E-state index contributed by atoms with van der Waals surface area (Å²) < 4.78 is 40.0. The molecule has 2 fully saturated rings. The van der Waals surface area contributed by atoms with Crippen LogP contribution in [0.4, 0.5) is 0 Å². The molecular weight excluding hydrogens is 1350 g/mol. The summed E-state index contributed by atoms with van der Waals surface area (Å²) in [4.78, 5) is 116. The van der Waals surface area contributed by atoms with Gasteiger partial charge in [-0.05, 0) is 125 Å². The first kappa shape index (κ1) is 93.3. The molecule has 34 nitrogen and oxygen atoms in total. The minimum atomic E-state index is -1.46. The summed E-state index contributed by atoms with van der Waals surface area (Å²) in [7, 11) is 0. The van der Waals surface area contributed by atoms with E-state index < -0.39 is 165 Å². The highest BCUT2D eigenvalue weighted by molar-refractivity contribution is 5.92. The van der Waals surface area contributed by atoms with Gasteiger partial charge >= 0.3 is 0 Å². The number of allylic oxidation sites excluding steroid dienone is 1. The van der Waals surface area contributed by atoms with Gasteiger partial charge in [0, 0.05) is 85.9 Å². The van der Waals surface area contributed by atoms with E-state index in [2.05, 4.69) is 47.9 Å². The van der Waals surface area contributed by atoms with Crippen LogP contribution in [0.1, 0.15) is 197 Å². The van der Waals surface area contributed by atoms with E-state index in [4.69, 9.17) is 33.2 Å². The highest BCUT2D eigenvalue weighted by Crippen LogP contribution is 2.25. The first-order valence-electron chi connectivity index (χ1n) is 36.5. The Kier molecular flexibility index (Phi) is 48.0. The molecule has 17 atom stereocenters.